The van der Waals surface area contributed by atoms with E-state index in [0.717, 1.165) is 21.9 Å². The Morgan fingerprint density at radius 1 is 0.711 bits per heavy atom. The molecule has 38 heavy (non-hydrogen) atoms. The molecule has 1 atom stereocenters. The molecule has 5 nitrogen and oxygen atoms in total. The fraction of sp³-hybridized carbons (Fsp3) is 0.188. The predicted octanol–water partition coefficient (Wildman–Crippen LogP) is 3.88. The van der Waals surface area contributed by atoms with Crippen molar-refractivity contribution in [1.82, 2.24) is 0 Å². The number of ether oxygens (including phenoxy) is 1. The van der Waals surface area contributed by atoms with Gasteiger partial charge >= 0.3 is 230 Å². The monoisotopic (exact) mass is 615 g/mol. The number of benzene rings is 4. The van der Waals surface area contributed by atoms with Crippen LogP contribution in [-0.2, 0) is 17.4 Å². The van der Waals surface area contributed by atoms with Crippen molar-refractivity contribution in [3.8, 4) is 0 Å². The van der Waals surface area contributed by atoms with E-state index >= 15 is 0 Å². The van der Waals surface area contributed by atoms with Gasteiger partial charge in [-0.05, 0) is 0 Å². The summed E-state index contributed by atoms with van der Waals surface area (Å²) in [5, 5.41) is 0. The number of para-hydroxylation sites is 1. The van der Waals surface area contributed by atoms with E-state index in [9.17, 15) is 9.59 Å². The van der Waals surface area contributed by atoms with Crippen LogP contribution in [0.4, 0.5) is 5.69 Å². The second-order valence-corrected chi connectivity index (χ2v) is 18.7. The van der Waals surface area contributed by atoms with Gasteiger partial charge in [-0.2, -0.15) is 0 Å². The van der Waals surface area contributed by atoms with Crippen LogP contribution in [0.15, 0.2) is 109 Å². The molecule has 0 aromatic heterocycles. The van der Waals surface area contributed by atoms with Gasteiger partial charge in [-0.1, -0.05) is 0 Å². The molecule has 1 amide bonds. The Morgan fingerprint density at radius 2 is 1.13 bits per heavy atom. The number of aryl methyl sites for hydroxylation is 2. The summed E-state index contributed by atoms with van der Waals surface area (Å²) < 4.78 is 15.0. The second-order valence-electron chi connectivity index (χ2n) is 9.31. The van der Waals surface area contributed by atoms with Gasteiger partial charge in [0.2, 0.25) is 0 Å². The molecular formula is C32H33NO4Sn. The summed E-state index contributed by atoms with van der Waals surface area (Å²) >= 11 is -4.35. The van der Waals surface area contributed by atoms with Crippen molar-refractivity contribution < 1.29 is 17.4 Å². The number of rotatable bonds is 9. The number of methoxy groups -OCH3 is 1. The Kier molecular flexibility index (Phi) is 9.02. The average molecular weight is 614 g/mol. The quantitative estimate of drug-likeness (QED) is 0.269. The van der Waals surface area contributed by atoms with E-state index in [1.807, 2.05) is 123 Å². The molecular weight excluding hydrogens is 581 g/mol. The van der Waals surface area contributed by atoms with Gasteiger partial charge < -0.3 is 0 Å². The third-order valence-electron chi connectivity index (χ3n) is 6.74. The van der Waals surface area contributed by atoms with E-state index in [1.54, 1.807) is 6.92 Å². The van der Waals surface area contributed by atoms with Gasteiger partial charge in [-0.25, -0.2) is 0 Å². The number of anilines is 1. The molecule has 0 saturated carbocycles. The van der Waals surface area contributed by atoms with Crippen LogP contribution in [0.5, 0.6) is 0 Å². The first-order valence-electron chi connectivity index (χ1n) is 12.7. The summed E-state index contributed by atoms with van der Waals surface area (Å²) in [5.41, 5.74) is 2.51. The van der Waals surface area contributed by atoms with Crippen molar-refractivity contribution in [2.24, 2.45) is 0 Å². The molecule has 194 valence electrons. The molecule has 0 aliphatic rings. The van der Waals surface area contributed by atoms with Gasteiger partial charge in [0.1, 0.15) is 0 Å². The van der Waals surface area contributed by atoms with Crippen LogP contribution >= 0.6 is 0 Å². The number of amides is 1. The van der Waals surface area contributed by atoms with Gasteiger partial charge in [0.05, 0.1) is 0 Å². The molecule has 0 heterocycles. The van der Waals surface area contributed by atoms with Crippen LogP contribution in [-0.4, -0.2) is 50.4 Å². The van der Waals surface area contributed by atoms with Gasteiger partial charge in [0, 0.05) is 0 Å². The summed E-state index contributed by atoms with van der Waals surface area (Å²) in [6.07, 6.45) is 0. The first-order valence-corrected chi connectivity index (χ1v) is 18.1. The van der Waals surface area contributed by atoms with E-state index in [-0.39, 0.29) is 12.5 Å². The van der Waals surface area contributed by atoms with Crippen LogP contribution in [0.3, 0.4) is 0 Å². The predicted molar refractivity (Wildman–Crippen MR) is 155 cm³/mol. The Morgan fingerprint density at radius 3 is 1.53 bits per heavy atom. The minimum atomic E-state index is -4.35. The molecule has 4 aromatic rings. The zero-order chi connectivity index (χ0) is 27.1. The minimum absolute atomic E-state index is 0.143. The average Bonchev–Trinajstić information content (AvgIpc) is 2.95. The van der Waals surface area contributed by atoms with Crippen molar-refractivity contribution in [1.29, 1.82) is 0 Å². The third kappa shape index (κ3) is 5.54. The summed E-state index contributed by atoms with van der Waals surface area (Å²) in [6.45, 7) is 5.47. The maximum absolute atomic E-state index is 14.2. The zero-order valence-electron chi connectivity index (χ0n) is 22.3. The van der Waals surface area contributed by atoms with Gasteiger partial charge in [-0.3, -0.25) is 0 Å². The summed E-state index contributed by atoms with van der Waals surface area (Å²) in [6, 6.07) is 35.0. The summed E-state index contributed by atoms with van der Waals surface area (Å²) in [5.74, 6) is -0.737. The van der Waals surface area contributed by atoms with Gasteiger partial charge in [0.25, 0.3) is 0 Å². The van der Waals surface area contributed by atoms with Crippen LogP contribution in [0.25, 0.3) is 0 Å². The SMILES string of the molecule is COCC(=O)N(c1c(C)cccc1C)C(C)C(=O)[O][Sn]([c]1ccccc1)([c]1ccccc1)[c]1ccccc1. The number of hydrogen-bond donors (Lipinski definition) is 0. The van der Waals surface area contributed by atoms with E-state index in [1.165, 1.54) is 12.0 Å². The van der Waals surface area contributed by atoms with Gasteiger partial charge in [0.15, 0.2) is 0 Å². The molecule has 0 bridgehead atoms. The molecule has 0 N–H and O–H groups in total. The molecule has 0 aliphatic carbocycles. The Hall–Kier alpha value is -3.42. The molecule has 0 saturated heterocycles. The number of carbonyl (C=O) groups is 2. The molecule has 0 fully saturated rings. The first-order chi connectivity index (χ1) is 18.4. The van der Waals surface area contributed by atoms with E-state index in [2.05, 4.69) is 0 Å². The van der Waals surface area contributed by atoms with Crippen molar-refractivity contribution in [2.75, 3.05) is 18.6 Å². The normalized spacial score (nSPS) is 12.0. The fourth-order valence-corrected chi connectivity index (χ4v) is 15.8. The topological polar surface area (TPSA) is 55.8 Å². The fourth-order valence-electron chi connectivity index (χ4n) is 4.95. The standard InChI is InChI=1S/C14H19NO4.3C6H5.Sn/c1-9-6-5-7-10(2)13(9)15(11(3)14(17)18)12(16)8-19-4;3*1-2-4-6-5-3-1;/h5-7,11H,8H2,1-4H3,(H,17,18);3*1-5H;/q;;;;+1/p-1. The second kappa shape index (κ2) is 12.4. The van der Waals surface area contributed by atoms with E-state index in [0.29, 0.717) is 5.69 Å². The molecule has 6 heteroatoms. The van der Waals surface area contributed by atoms with Crippen LogP contribution in [0.2, 0.25) is 0 Å². The van der Waals surface area contributed by atoms with Crippen molar-refractivity contribution in [2.45, 2.75) is 26.8 Å². The molecule has 1 unspecified atom stereocenters. The van der Waals surface area contributed by atoms with Crippen molar-refractivity contribution in [3.05, 3.63) is 120 Å². The van der Waals surface area contributed by atoms with Gasteiger partial charge in [-0.15, -0.1) is 0 Å². The Balaban J connectivity index is 1.87. The Labute approximate surface area is 229 Å². The first kappa shape index (κ1) is 27.6. The molecule has 4 aromatic carbocycles. The van der Waals surface area contributed by atoms with Crippen LogP contribution < -0.4 is 15.6 Å². The van der Waals surface area contributed by atoms with Crippen molar-refractivity contribution in [3.63, 3.8) is 0 Å². The van der Waals surface area contributed by atoms with Crippen LogP contribution in [0.1, 0.15) is 18.1 Å². The van der Waals surface area contributed by atoms with E-state index in [4.69, 9.17) is 7.81 Å². The molecule has 0 spiro atoms. The third-order valence-corrected chi connectivity index (χ3v) is 18.0. The Bertz CT molecular complexity index is 1260. The zero-order valence-corrected chi connectivity index (χ0v) is 25.1. The summed E-state index contributed by atoms with van der Waals surface area (Å²) in [4.78, 5) is 29.1. The maximum atomic E-state index is 14.2. The molecule has 0 aliphatic heterocycles. The van der Waals surface area contributed by atoms with Crippen LogP contribution in [0, 0.1) is 13.8 Å². The van der Waals surface area contributed by atoms with E-state index < -0.39 is 30.8 Å². The molecule has 4 rings (SSSR count). The number of carbonyl (C=O) groups excluding carboxylic acids is 2. The van der Waals surface area contributed by atoms with Crippen molar-refractivity contribution >= 4 is 47.1 Å². The summed E-state index contributed by atoms with van der Waals surface area (Å²) in [7, 11) is 1.48. The molecule has 0 radical (unpaired) electrons. The number of hydrogen-bond acceptors (Lipinski definition) is 4. The number of nitrogens with zero attached hydrogens (tertiary/aromatic N) is 1.